The number of anilines is 2. The van der Waals surface area contributed by atoms with Gasteiger partial charge in [0, 0.05) is 24.3 Å². The smallest absolute Gasteiger partial charge is 0.416 e. The highest BCUT2D eigenvalue weighted by Gasteiger charge is 2.30. The monoisotopic (exact) mass is 392 g/mol. The van der Waals surface area contributed by atoms with Crippen molar-refractivity contribution in [3.63, 3.8) is 0 Å². The van der Waals surface area contributed by atoms with Gasteiger partial charge in [-0.25, -0.2) is 0 Å². The number of carbonyl (C=O) groups is 2. The Balaban J connectivity index is 1.57. The predicted molar refractivity (Wildman–Crippen MR) is 98.2 cm³/mol. The molecule has 1 N–H and O–H groups in total. The first-order valence-corrected chi connectivity index (χ1v) is 8.79. The second-order valence-electron chi connectivity index (χ2n) is 6.47. The topological polar surface area (TPSA) is 58.6 Å². The minimum Gasteiger partial charge on any atom is -0.481 e. The van der Waals surface area contributed by atoms with Crippen LogP contribution in [-0.2, 0) is 15.8 Å². The maximum absolute atomic E-state index is 12.6. The second kappa shape index (κ2) is 7.92. The zero-order valence-electron chi connectivity index (χ0n) is 15.1. The third-order valence-electron chi connectivity index (χ3n) is 4.38. The fourth-order valence-electron chi connectivity index (χ4n) is 2.87. The van der Waals surface area contributed by atoms with Gasteiger partial charge in [0.15, 0.2) is 6.10 Å². The van der Waals surface area contributed by atoms with E-state index in [1.165, 1.54) is 19.1 Å². The van der Waals surface area contributed by atoms with Crippen LogP contribution < -0.4 is 15.0 Å². The van der Waals surface area contributed by atoms with Crippen LogP contribution in [0, 0.1) is 0 Å². The Labute approximate surface area is 160 Å². The molecule has 2 aromatic rings. The Hall–Kier alpha value is -3.03. The molecule has 1 aliphatic heterocycles. The van der Waals surface area contributed by atoms with Crippen molar-refractivity contribution in [1.29, 1.82) is 0 Å². The number of ether oxygens (including phenoxy) is 1. The third-order valence-corrected chi connectivity index (χ3v) is 4.38. The van der Waals surface area contributed by atoms with E-state index in [-0.39, 0.29) is 11.6 Å². The number of benzene rings is 2. The van der Waals surface area contributed by atoms with Crippen LogP contribution in [0.3, 0.4) is 0 Å². The molecule has 1 saturated heterocycles. The summed E-state index contributed by atoms with van der Waals surface area (Å²) in [4.78, 5) is 25.7. The number of nitrogens with zero attached hydrogens (tertiary/aromatic N) is 1. The lowest BCUT2D eigenvalue weighted by Crippen LogP contribution is -2.30. The molecule has 5 nitrogen and oxygen atoms in total. The third kappa shape index (κ3) is 4.62. The molecule has 148 valence electrons. The summed E-state index contributed by atoms with van der Waals surface area (Å²) in [6.45, 7) is 2.22. The van der Waals surface area contributed by atoms with Crippen molar-refractivity contribution >= 4 is 23.2 Å². The lowest BCUT2D eigenvalue weighted by molar-refractivity contribution is -0.137. The van der Waals surface area contributed by atoms with Crippen molar-refractivity contribution in [2.75, 3.05) is 16.8 Å². The maximum atomic E-state index is 12.6. The van der Waals surface area contributed by atoms with Crippen molar-refractivity contribution in [2.45, 2.75) is 32.0 Å². The molecule has 0 saturated carbocycles. The zero-order valence-corrected chi connectivity index (χ0v) is 15.1. The Morgan fingerprint density at radius 1 is 1.11 bits per heavy atom. The van der Waals surface area contributed by atoms with E-state index < -0.39 is 23.8 Å². The number of carbonyl (C=O) groups excluding carboxylic acids is 2. The van der Waals surface area contributed by atoms with Gasteiger partial charge in [-0.1, -0.05) is 0 Å². The second-order valence-corrected chi connectivity index (χ2v) is 6.47. The summed E-state index contributed by atoms with van der Waals surface area (Å²) in [7, 11) is 0. The summed E-state index contributed by atoms with van der Waals surface area (Å²) in [5.41, 5.74) is 0.236. The SMILES string of the molecule is C[C@H](Oc1ccc(N2CCCC2=O)cc1)C(=O)Nc1ccc(C(F)(F)F)cc1. The molecule has 1 atom stereocenters. The van der Waals surface area contributed by atoms with Crippen molar-refractivity contribution in [3.8, 4) is 5.75 Å². The van der Waals surface area contributed by atoms with Gasteiger partial charge in [-0.2, -0.15) is 13.2 Å². The average molecular weight is 392 g/mol. The number of rotatable bonds is 5. The minimum absolute atomic E-state index is 0.0814. The van der Waals surface area contributed by atoms with E-state index in [9.17, 15) is 22.8 Å². The standard InChI is InChI=1S/C20H19F3N2O3/c1-13(19(27)24-15-6-4-14(5-7-15)20(21,22)23)28-17-10-8-16(9-11-17)25-12-2-3-18(25)26/h4-11,13H,2-3,12H2,1H3,(H,24,27)/t13-/m0/s1. The van der Waals surface area contributed by atoms with E-state index in [4.69, 9.17) is 4.74 Å². The van der Waals surface area contributed by atoms with Crippen LogP contribution in [0.25, 0.3) is 0 Å². The summed E-state index contributed by atoms with van der Waals surface area (Å²) in [6.07, 6.45) is -3.91. The molecule has 0 aliphatic carbocycles. The van der Waals surface area contributed by atoms with E-state index in [1.807, 2.05) is 0 Å². The van der Waals surface area contributed by atoms with Gasteiger partial charge in [-0.05, 0) is 61.9 Å². The van der Waals surface area contributed by atoms with Crippen LogP contribution in [0.2, 0.25) is 0 Å². The molecule has 2 aromatic carbocycles. The van der Waals surface area contributed by atoms with Crippen LogP contribution in [0.4, 0.5) is 24.5 Å². The van der Waals surface area contributed by atoms with Crippen LogP contribution in [0.5, 0.6) is 5.75 Å². The molecule has 1 aliphatic rings. The summed E-state index contributed by atoms with van der Waals surface area (Å²) in [5.74, 6) is 0.0435. The van der Waals surface area contributed by atoms with Crippen LogP contribution in [-0.4, -0.2) is 24.5 Å². The first-order valence-electron chi connectivity index (χ1n) is 8.79. The van der Waals surface area contributed by atoms with Gasteiger partial charge >= 0.3 is 6.18 Å². The van der Waals surface area contributed by atoms with E-state index in [1.54, 1.807) is 29.2 Å². The van der Waals surface area contributed by atoms with Gasteiger partial charge in [0.25, 0.3) is 5.91 Å². The predicted octanol–water partition coefficient (Wildman–Crippen LogP) is 4.24. The molecule has 0 bridgehead atoms. The van der Waals surface area contributed by atoms with Gasteiger partial charge in [0.2, 0.25) is 5.91 Å². The molecule has 0 unspecified atom stereocenters. The van der Waals surface area contributed by atoms with Crippen molar-refractivity contribution in [1.82, 2.24) is 0 Å². The summed E-state index contributed by atoms with van der Waals surface area (Å²) in [5, 5.41) is 2.52. The number of hydrogen-bond donors (Lipinski definition) is 1. The molecule has 28 heavy (non-hydrogen) atoms. The van der Waals surface area contributed by atoms with E-state index in [2.05, 4.69) is 5.32 Å². The summed E-state index contributed by atoms with van der Waals surface area (Å²) < 4.78 is 43.3. The summed E-state index contributed by atoms with van der Waals surface area (Å²) >= 11 is 0. The molecule has 0 aromatic heterocycles. The van der Waals surface area contributed by atoms with E-state index in [0.29, 0.717) is 18.7 Å². The molecular weight excluding hydrogens is 373 g/mol. The molecule has 3 rings (SSSR count). The molecular formula is C20H19F3N2O3. The molecule has 0 radical (unpaired) electrons. The Kier molecular flexibility index (Phi) is 5.58. The number of halogens is 3. The van der Waals surface area contributed by atoms with Crippen LogP contribution in [0.15, 0.2) is 48.5 Å². The number of nitrogens with one attached hydrogen (secondary N) is 1. The minimum atomic E-state index is -4.43. The molecule has 0 spiro atoms. The Bertz CT molecular complexity index is 848. The van der Waals surface area contributed by atoms with Crippen molar-refractivity contribution < 1.29 is 27.5 Å². The van der Waals surface area contributed by atoms with E-state index in [0.717, 1.165) is 24.2 Å². The highest BCUT2D eigenvalue weighted by molar-refractivity contribution is 5.95. The highest BCUT2D eigenvalue weighted by Crippen LogP contribution is 2.30. The lowest BCUT2D eigenvalue weighted by atomic mass is 10.2. The molecule has 1 fully saturated rings. The average Bonchev–Trinajstić information content (AvgIpc) is 3.08. The van der Waals surface area contributed by atoms with Crippen LogP contribution >= 0.6 is 0 Å². The fourth-order valence-corrected chi connectivity index (χ4v) is 2.87. The zero-order chi connectivity index (χ0) is 20.3. The quantitative estimate of drug-likeness (QED) is 0.828. The van der Waals surface area contributed by atoms with Crippen molar-refractivity contribution in [2.24, 2.45) is 0 Å². The largest absolute Gasteiger partial charge is 0.481 e. The lowest BCUT2D eigenvalue weighted by Gasteiger charge is -2.18. The maximum Gasteiger partial charge on any atom is 0.416 e. The number of alkyl halides is 3. The van der Waals surface area contributed by atoms with Gasteiger partial charge in [0.05, 0.1) is 5.56 Å². The van der Waals surface area contributed by atoms with Crippen LogP contribution in [0.1, 0.15) is 25.3 Å². The van der Waals surface area contributed by atoms with E-state index >= 15 is 0 Å². The van der Waals surface area contributed by atoms with Gasteiger partial charge in [-0.15, -0.1) is 0 Å². The highest BCUT2D eigenvalue weighted by atomic mass is 19.4. The first kappa shape index (κ1) is 19.7. The van der Waals surface area contributed by atoms with Gasteiger partial charge in [-0.3, -0.25) is 9.59 Å². The molecule has 1 heterocycles. The Morgan fingerprint density at radius 3 is 2.29 bits per heavy atom. The number of amides is 2. The molecule has 2 amide bonds. The summed E-state index contributed by atoms with van der Waals surface area (Å²) in [6, 6.07) is 11.0. The first-order chi connectivity index (χ1) is 13.2. The van der Waals surface area contributed by atoms with Gasteiger partial charge < -0.3 is 15.0 Å². The number of hydrogen-bond acceptors (Lipinski definition) is 3. The normalized spacial score (nSPS) is 15.4. The molecule has 8 heteroatoms. The van der Waals surface area contributed by atoms with Crippen molar-refractivity contribution in [3.05, 3.63) is 54.1 Å². The fraction of sp³-hybridized carbons (Fsp3) is 0.300. The Morgan fingerprint density at radius 2 is 1.75 bits per heavy atom. The van der Waals surface area contributed by atoms with Gasteiger partial charge in [0.1, 0.15) is 5.75 Å².